The lowest BCUT2D eigenvalue weighted by Gasteiger charge is -2.28. The minimum Gasteiger partial charge on any atom is -0.493 e. The molecule has 0 unspecified atom stereocenters. The Labute approximate surface area is 203 Å². The molecule has 9 heteroatoms. The highest BCUT2D eigenvalue weighted by molar-refractivity contribution is 5.95. The van der Waals surface area contributed by atoms with E-state index >= 15 is 0 Å². The Kier molecular flexibility index (Phi) is 6.77. The third-order valence-corrected chi connectivity index (χ3v) is 5.56. The zero-order chi connectivity index (χ0) is 25.1. The molecule has 2 heterocycles. The van der Waals surface area contributed by atoms with Gasteiger partial charge in [0.1, 0.15) is 0 Å². The number of hydrogen-bond acceptors (Lipinski definition) is 6. The molecule has 1 aromatic heterocycles. The molecule has 0 saturated carbocycles. The summed E-state index contributed by atoms with van der Waals surface area (Å²) in [5, 5.41) is 10.4. The van der Waals surface area contributed by atoms with Gasteiger partial charge in [-0.2, -0.15) is 5.10 Å². The van der Waals surface area contributed by atoms with Crippen LogP contribution < -0.4 is 20.1 Å². The van der Waals surface area contributed by atoms with E-state index in [0.29, 0.717) is 34.0 Å². The number of esters is 1. The molecule has 0 radical (unpaired) electrons. The molecule has 0 spiro atoms. The van der Waals surface area contributed by atoms with E-state index in [1.54, 1.807) is 45.7 Å². The predicted octanol–water partition coefficient (Wildman–Crippen LogP) is 4.14. The van der Waals surface area contributed by atoms with Crippen LogP contribution in [0.3, 0.4) is 0 Å². The molecule has 0 bridgehead atoms. The van der Waals surface area contributed by atoms with Crippen molar-refractivity contribution in [3.05, 3.63) is 71.6 Å². The number of methoxy groups -OCH3 is 2. The first kappa shape index (κ1) is 23.9. The van der Waals surface area contributed by atoms with E-state index in [-0.39, 0.29) is 6.10 Å². The van der Waals surface area contributed by atoms with Gasteiger partial charge in [0.05, 0.1) is 43.3 Å². The minimum absolute atomic E-state index is 0.313. The SMILES string of the molecule is COc1ccc(-c2nn(-c3ccccc3)cc2[C@H]2NC(=O)NC(C)=C2C(=O)OC(C)C)cc1OC. The summed E-state index contributed by atoms with van der Waals surface area (Å²) < 4.78 is 18.1. The fourth-order valence-corrected chi connectivity index (χ4v) is 3.99. The highest BCUT2D eigenvalue weighted by Crippen LogP contribution is 2.38. The van der Waals surface area contributed by atoms with Crippen LogP contribution in [-0.4, -0.2) is 42.1 Å². The van der Waals surface area contributed by atoms with E-state index in [1.165, 1.54) is 0 Å². The summed E-state index contributed by atoms with van der Waals surface area (Å²) >= 11 is 0. The zero-order valence-electron chi connectivity index (χ0n) is 20.3. The van der Waals surface area contributed by atoms with Crippen LogP contribution in [0.4, 0.5) is 4.79 Å². The normalized spacial score (nSPS) is 15.5. The van der Waals surface area contributed by atoms with Crippen LogP contribution in [0.15, 0.2) is 66.0 Å². The standard InChI is InChI=1S/C26H28N4O5/c1-15(2)35-25(31)22-16(3)27-26(32)28-24(22)19-14-30(18-9-7-6-8-10-18)29-23(19)17-11-12-20(33-4)21(13-17)34-5/h6-15,24H,1-5H3,(H2,27,28,32)/t24-/m1/s1. The predicted molar refractivity (Wildman–Crippen MR) is 130 cm³/mol. The summed E-state index contributed by atoms with van der Waals surface area (Å²) in [6, 6.07) is 13.8. The van der Waals surface area contributed by atoms with Gasteiger partial charge in [-0.3, -0.25) is 0 Å². The summed E-state index contributed by atoms with van der Waals surface area (Å²) in [4.78, 5) is 25.6. The lowest BCUT2D eigenvalue weighted by atomic mass is 9.93. The van der Waals surface area contributed by atoms with Crippen molar-refractivity contribution < 1.29 is 23.8 Å². The zero-order valence-corrected chi connectivity index (χ0v) is 20.3. The Morgan fingerprint density at radius 1 is 1.06 bits per heavy atom. The van der Waals surface area contributed by atoms with Gasteiger partial charge in [-0.1, -0.05) is 18.2 Å². The minimum atomic E-state index is -0.782. The fourth-order valence-electron chi connectivity index (χ4n) is 3.99. The van der Waals surface area contributed by atoms with Gasteiger partial charge in [-0.05, 0) is 51.1 Å². The Bertz CT molecular complexity index is 1280. The Hall–Kier alpha value is -4.27. The number of carbonyl (C=O) groups excluding carboxylic acids is 2. The summed E-state index contributed by atoms with van der Waals surface area (Å²) in [5.41, 5.74) is 3.50. The van der Waals surface area contributed by atoms with Gasteiger partial charge in [0.15, 0.2) is 11.5 Å². The molecule has 0 aliphatic carbocycles. The highest BCUT2D eigenvalue weighted by Gasteiger charge is 2.35. The van der Waals surface area contributed by atoms with Gasteiger partial charge < -0.3 is 24.8 Å². The summed E-state index contributed by atoms with van der Waals surface area (Å²) in [5.74, 6) is 0.596. The van der Waals surface area contributed by atoms with E-state index in [4.69, 9.17) is 19.3 Å². The Morgan fingerprint density at radius 3 is 2.43 bits per heavy atom. The number of para-hydroxylation sites is 1. The van der Waals surface area contributed by atoms with Crippen molar-refractivity contribution in [1.82, 2.24) is 20.4 Å². The number of allylic oxidation sites excluding steroid dienone is 1. The van der Waals surface area contributed by atoms with E-state index in [0.717, 1.165) is 11.3 Å². The molecule has 0 fully saturated rings. The van der Waals surface area contributed by atoms with Gasteiger partial charge in [0.25, 0.3) is 0 Å². The quantitative estimate of drug-likeness (QED) is 0.497. The molecule has 0 saturated heterocycles. The van der Waals surface area contributed by atoms with Gasteiger partial charge in [-0.15, -0.1) is 0 Å². The number of benzene rings is 2. The van der Waals surface area contributed by atoms with Crippen LogP contribution >= 0.6 is 0 Å². The molecular weight excluding hydrogens is 448 g/mol. The highest BCUT2D eigenvalue weighted by atomic mass is 16.5. The number of ether oxygens (including phenoxy) is 3. The summed E-state index contributed by atoms with van der Waals surface area (Å²) in [7, 11) is 3.13. The Morgan fingerprint density at radius 2 is 1.77 bits per heavy atom. The van der Waals surface area contributed by atoms with E-state index in [9.17, 15) is 9.59 Å². The van der Waals surface area contributed by atoms with Crippen molar-refractivity contribution in [1.29, 1.82) is 0 Å². The summed E-state index contributed by atoms with van der Waals surface area (Å²) in [6.07, 6.45) is 1.49. The number of aromatic nitrogens is 2. The summed E-state index contributed by atoms with van der Waals surface area (Å²) in [6.45, 7) is 5.24. The van der Waals surface area contributed by atoms with Gasteiger partial charge >= 0.3 is 12.0 Å². The average molecular weight is 477 g/mol. The van der Waals surface area contributed by atoms with Crippen LogP contribution in [0.2, 0.25) is 0 Å². The number of amides is 2. The van der Waals surface area contributed by atoms with Crippen molar-refractivity contribution in [3.63, 3.8) is 0 Å². The van der Waals surface area contributed by atoms with Gasteiger partial charge in [0, 0.05) is 23.0 Å². The number of hydrogen-bond donors (Lipinski definition) is 2. The van der Waals surface area contributed by atoms with Crippen LogP contribution in [-0.2, 0) is 9.53 Å². The molecule has 2 aromatic carbocycles. The molecule has 1 aliphatic rings. The van der Waals surface area contributed by atoms with Crippen LogP contribution in [0, 0.1) is 0 Å². The maximum absolute atomic E-state index is 13.1. The number of urea groups is 1. The molecule has 2 amide bonds. The number of carbonyl (C=O) groups is 2. The molecule has 2 N–H and O–H groups in total. The molecular formula is C26H28N4O5. The molecule has 182 valence electrons. The maximum atomic E-state index is 13.1. The van der Waals surface area contributed by atoms with Crippen molar-refractivity contribution >= 4 is 12.0 Å². The van der Waals surface area contributed by atoms with Crippen molar-refractivity contribution in [3.8, 4) is 28.4 Å². The van der Waals surface area contributed by atoms with Crippen LogP contribution in [0.25, 0.3) is 16.9 Å². The monoisotopic (exact) mass is 476 g/mol. The van der Waals surface area contributed by atoms with Crippen molar-refractivity contribution in [2.45, 2.75) is 32.9 Å². The second-order valence-electron chi connectivity index (χ2n) is 8.31. The Balaban J connectivity index is 1.91. The van der Waals surface area contributed by atoms with Gasteiger partial charge in [-0.25, -0.2) is 14.3 Å². The largest absolute Gasteiger partial charge is 0.493 e. The number of nitrogens with one attached hydrogen (secondary N) is 2. The van der Waals surface area contributed by atoms with Crippen molar-refractivity contribution in [2.24, 2.45) is 0 Å². The molecule has 4 rings (SSSR count). The van der Waals surface area contributed by atoms with Crippen LogP contribution in [0.5, 0.6) is 11.5 Å². The molecule has 35 heavy (non-hydrogen) atoms. The first-order valence-electron chi connectivity index (χ1n) is 11.2. The second-order valence-corrected chi connectivity index (χ2v) is 8.31. The molecule has 3 aromatic rings. The number of nitrogens with zero attached hydrogens (tertiary/aromatic N) is 2. The first-order chi connectivity index (χ1) is 16.8. The van der Waals surface area contributed by atoms with E-state index in [1.807, 2.05) is 48.7 Å². The van der Waals surface area contributed by atoms with E-state index in [2.05, 4.69) is 10.6 Å². The topological polar surface area (TPSA) is 104 Å². The molecule has 9 nitrogen and oxygen atoms in total. The molecule has 1 atom stereocenters. The smallest absolute Gasteiger partial charge is 0.338 e. The lowest BCUT2D eigenvalue weighted by molar-refractivity contribution is -0.143. The van der Waals surface area contributed by atoms with E-state index < -0.39 is 18.0 Å². The molecule has 1 aliphatic heterocycles. The third-order valence-electron chi connectivity index (χ3n) is 5.56. The fraction of sp³-hybridized carbons (Fsp3) is 0.269. The first-order valence-corrected chi connectivity index (χ1v) is 11.2. The lowest BCUT2D eigenvalue weighted by Crippen LogP contribution is -2.45. The van der Waals surface area contributed by atoms with Crippen LogP contribution in [0.1, 0.15) is 32.4 Å². The van der Waals surface area contributed by atoms with Crippen molar-refractivity contribution in [2.75, 3.05) is 14.2 Å². The third kappa shape index (κ3) is 4.84. The number of rotatable bonds is 7. The van der Waals surface area contributed by atoms with Gasteiger partial charge in [0.2, 0.25) is 0 Å². The average Bonchev–Trinajstić information content (AvgIpc) is 3.28. The maximum Gasteiger partial charge on any atom is 0.338 e. The second kappa shape index (κ2) is 9.92.